The van der Waals surface area contributed by atoms with E-state index in [2.05, 4.69) is 10.6 Å². The molecule has 2 aromatic rings. The van der Waals surface area contributed by atoms with Gasteiger partial charge < -0.3 is 15.4 Å². The molecule has 0 spiro atoms. The summed E-state index contributed by atoms with van der Waals surface area (Å²) in [6, 6.07) is 13.3. The van der Waals surface area contributed by atoms with Crippen molar-refractivity contribution in [2.75, 3.05) is 7.11 Å². The smallest absolute Gasteiger partial charge is 0.261 e. The third kappa shape index (κ3) is 2.75. The number of methoxy groups -OCH3 is 1. The first-order chi connectivity index (χ1) is 11.2. The van der Waals surface area contributed by atoms with Crippen LogP contribution in [-0.2, 0) is 0 Å². The molecular weight excluding hydrogens is 308 g/mol. The molecule has 0 saturated carbocycles. The highest BCUT2D eigenvalue weighted by molar-refractivity contribution is 7.16. The van der Waals surface area contributed by atoms with Crippen LogP contribution in [0, 0.1) is 0 Å². The molecule has 1 aromatic heterocycles. The fourth-order valence-electron chi connectivity index (χ4n) is 3.68. The van der Waals surface area contributed by atoms with Gasteiger partial charge in [-0.25, -0.2) is 0 Å². The van der Waals surface area contributed by atoms with Gasteiger partial charge in [0.1, 0.15) is 0 Å². The maximum atomic E-state index is 12.6. The summed E-state index contributed by atoms with van der Waals surface area (Å²) >= 11 is 1.41. The lowest BCUT2D eigenvalue weighted by Gasteiger charge is -2.20. The molecule has 0 radical (unpaired) electrons. The Bertz CT molecular complexity index is 713. The molecule has 2 saturated heterocycles. The summed E-state index contributed by atoms with van der Waals surface area (Å²) in [6.07, 6.45) is 3.45. The van der Waals surface area contributed by atoms with Gasteiger partial charge in [-0.1, -0.05) is 41.7 Å². The van der Waals surface area contributed by atoms with Gasteiger partial charge in [-0.15, -0.1) is 0 Å². The molecule has 4 rings (SSSR count). The molecule has 1 aromatic carbocycles. The van der Waals surface area contributed by atoms with E-state index in [4.69, 9.17) is 4.74 Å². The first kappa shape index (κ1) is 14.7. The van der Waals surface area contributed by atoms with Gasteiger partial charge in [0.2, 0.25) is 0 Å². The van der Waals surface area contributed by atoms with Gasteiger partial charge in [0, 0.05) is 23.7 Å². The zero-order chi connectivity index (χ0) is 15.8. The molecule has 0 aliphatic carbocycles. The number of thiophene rings is 1. The van der Waals surface area contributed by atoms with E-state index in [9.17, 15) is 4.79 Å². The average molecular weight is 328 g/mol. The van der Waals surface area contributed by atoms with Crippen molar-refractivity contribution in [2.24, 2.45) is 0 Å². The molecule has 5 heteroatoms. The molecule has 2 aliphatic heterocycles. The SMILES string of the molecule is COc1sc(C(=O)N[C@@H]2C[C@H]3CC[C@@H]2N3)cc1-c1ccccc1. The highest BCUT2D eigenvalue weighted by Gasteiger charge is 2.39. The van der Waals surface area contributed by atoms with Crippen LogP contribution in [-0.4, -0.2) is 31.1 Å². The summed E-state index contributed by atoms with van der Waals surface area (Å²) in [6.45, 7) is 0. The summed E-state index contributed by atoms with van der Waals surface area (Å²) < 4.78 is 5.48. The van der Waals surface area contributed by atoms with E-state index >= 15 is 0 Å². The predicted octanol–water partition coefficient (Wildman–Crippen LogP) is 3.05. The summed E-state index contributed by atoms with van der Waals surface area (Å²) in [7, 11) is 1.65. The van der Waals surface area contributed by atoms with Crippen LogP contribution in [0.2, 0.25) is 0 Å². The summed E-state index contributed by atoms with van der Waals surface area (Å²) in [5, 5.41) is 7.53. The molecule has 2 bridgehead atoms. The van der Waals surface area contributed by atoms with Crippen LogP contribution in [0.4, 0.5) is 0 Å². The first-order valence-corrected chi connectivity index (χ1v) is 8.86. The molecule has 4 nitrogen and oxygen atoms in total. The summed E-state index contributed by atoms with van der Waals surface area (Å²) in [5.74, 6) is 0.00910. The zero-order valence-electron chi connectivity index (χ0n) is 13.0. The Morgan fingerprint density at radius 2 is 2.13 bits per heavy atom. The number of rotatable bonds is 4. The highest BCUT2D eigenvalue weighted by atomic mass is 32.1. The van der Waals surface area contributed by atoms with Crippen molar-refractivity contribution in [1.29, 1.82) is 0 Å². The number of carbonyl (C=O) groups is 1. The second-order valence-electron chi connectivity index (χ2n) is 6.25. The Morgan fingerprint density at radius 1 is 1.30 bits per heavy atom. The monoisotopic (exact) mass is 328 g/mol. The number of hydrogen-bond acceptors (Lipinski definition) is 4. The lowest BCUT2D eigenvalue weighted by Crippen LogP contribution is -2.42. The standard InChI is InChI=1S/C18H20N2O2S/c1-22-18-13(11-5-3-2-4-6-11)10-16(23-18)17(21)20-15-9-12-7-8-14(15)19-12/h2-6,10,12,14-15,19H,7-9H2,1H3,(H,20,21)/t12-,14+,15-/m1/s1. The largest absolute Gasteiger partial charge is 0.487 e. The second kappa shape index (κ2) is 5.98. The van der Waals surface area contributed by atoms with E-state index in [1.807, 2.05) is 36.4 Å². The number of carbonyl (C=O) groups excluding carboxylic acids is 1. The van der Waals surface area contributed by atoms with Crippen LogP contribution < -0.4 is 15.4 Å². The van der Waals surface area contributed by atoms with Crippen LogP contribution in [0.5, 0.6) is 5.06 Å². The second-order valence-corrected chi connectivity index (χ2v) is 7.26. The maximum absolute atomic E-state index is 12.6. The highest BCUT2D eigenvalue weighted by Crippen LogP contribution is 2.38. The number of benzene rings is 1. The van der Waals surface area contributed by atoms with Crippen LogP contribution in [0.25, 0.3) is 11.1 Å². The van der Waals surface area contributed by atoms with E-state index in [1.165, 1.54) is 24.2 Å². The quantitative estimate of drug-likeness (QED) is 0.907. The zero-order valence-corrected chi connectivity index (χ0v) is 13.9. The van der Waals surface area contributed by atoms with E-state index in [0.29, 0.717) is 17.0 Å². The van der Waals surface area contributed by atoms with E-state index < -0.39 is 0 Å². The van der Waals surface area contributed by atoms with Crippen molar-refractivity contribution in [1.82, 2.24) is 10.6 Å². The van der Waals surface area contributed by atoms with Crippen LogP contribution in [0.15, 0.2) is 36.4 Å². The number of hydrogen-bond donors (Lipinski definition) is 2. The minimum absolute atomic E-state index is 0.00910. The Balaban J connectivity index is 1.55. The first-order valence-electron chi connectivity index (χ1n) is 8.05. The Hall–Kier alpha value is -1.85. The fourth-order valence-corrected chi connectivity index (χ4v) is 4.58. The third-order valence-corrected chi connectivity index (χ3v) is 5.90. The number of amides is 1. The number of ether oxygens (including phenoxy) is 1. The minimum Gasteiger partial charge on any atom is -0.487 e. The molecule has 3 heterocycles. The molecule has 0 unspecified atom stereocenters. The molecule has 3 atom stereocenters. The molecule has 1 amide bonds. The normalized spacial score (nSPS) is 25.5. The molecule has 2 fully saturated rings. The maximum Gasteiger partial charge on any atom is 0.261 e. The van der Waals surface area contributed by atoms with Crippen molar-refractivity contribution in [3.05, 3.63) is 41.3 Å². The van der Waals surface area contributed by atoms with Gasteiger partial charge in [-0.3, -0.25) is 4.79 Å². The van der Waals surface area contributed by atoms with Crippen molar-refractivity contribution in [3.63, 3.8) is 0 Å². The number of fused-ring (bicyclic) bond motifs is 2. The topological polar surface area (TPSA) is 50.4 Å². The van der Waals surface area contributed by atoms with Gasteiger partial charge >= 0.3 is 0 Å². The predicted molar refractivity (Wildman–Crippen MR) is 92.1 cm³/mol. The van der Waals surface area contributed by atoms with Crippen LogP contribution in [0.1, 0.15) is 28.9 Å². The van der Waals surface area contributed by atoms with Crippen molar-refractivity contribution < 1.29 is 9.53 Å². The molecule has 23 heavy (non-hydrogen) atoms. The lowest BCUT2D eigenvalue weighted by atomic mass is 9.95. The Labute approximate surface area is 139 Å². The minimum atomic E-state index is 0.00910. The van der Waals surface area contributed by atoms with Crippen molar-refractivity contribution in [3.8, 4) is 16.2 Å². The summed E-state index contributed by atoms with van der Waals surface area (Å²) in [4.78, 5) is 13.3. The van der Waals surface area contributed by atoms with Gasteiger partial charge in [-0.05, 0) is 30.9 Å². The summed E-state index contributed by atoms with van der Waals surface area (Å²) in [5.41, 5.74) is 2.05. The molecule has 120 valence electrons. The lowest BCUT2D eigenvalue weighted by molar-refractivity contribution is 0.0935. The van der Waals surface area contributed by atoms with Gasteiger partial charge in [0.25, 0.3) is 5.91 Å². The molecular formula is C18H20N2O2S. The van der Waals surface area contributed by atoms with E-state index in [-0.39, 0.29) is 11.9 Å². The fraction of sp³-hybridized carbons (Fsp3) is 0.389. The van der Waals surface area contributed by atoms with E-state index in [1.54, 1.807) is 7.11 Å². The molecule has 2 aliphatic rings. The van der Waals surface area contributed by atoms with E-state index in [0.717, 1.165) is 22.6 Å². The molecule has 2 N–H and O–H groups in total. The van der Waals surface area contributed by atoms with Crippen molar-refractivity contribution in [2.45, 2.75) is 37.4 Å². The van der Waals surface area contributed by atoms with Gasteiger partial charge in [-0.2, -0.15) is 0 Å². The van der Waals surface area contributed by atoms with Crippen molar-refractivity contribution >= 4 is 17.2 Å². The van der Waals surface area contributed by atoms with Gasteiger partial charge in [0.05, 0.1) is 12.0 Å². The average Bonchev–Trinajstić information content (AvgIpc) is 3.30. The Kier molecular flexibility index (Phi) is 3.83. The van der Waals surface area contributed by atoms with Crippen LogP contribution in [0.3, 0.4) is 0 Å². The van der Waals surface area contributed by atoms with Gasteiger partial charge in [0.15, 0.2) is 5.06 Å². The Morgan fingerprint density at radius 3 is 2.78 bits per heavy atom. The van der Waals surface area contributed by atoms with Crippen LogP contribution >= 0.6 is 11.3 Å². The third-order valence-electron chi connectivity index (χ3n) is 4.81. The number of nitrogens with one attached hydrogen (secondary N) is 2.